The maximum atomic E-state index is 12.0. The van der Waals surface area contributed by atoms with Crippen LogP contribution in [0.4, 0.5) is 5.69 Å². The van der Waals surface area contributed by atoms with Gasteiger partial charge in [-0.25, -0.2) is 0 Å². The second kappa shape index (κ2) is 11.7. The number of methoxy groups -OCH3 is 1. The quantitative estimate of drug-likeness (QED) is 0.234. The molecule has 32 heavy (non-hydrogen) atoms. The largest absolute Gasteiger partial charge is 0.494 e. The summed E-state index contributed by atoms with van der Waals surface area (Å²) in [6.07, 6.45) is 10.2. The first-order valence-electron chi connectivity index (χ1n) is 10.7. The maximum Gasteiger partial charge on any atom is 0.250 e. The summed E-state index contributed by atoms with van der Waals surface area (Å²) in [6.45, 7) is 7.92. The predicted octanol–water partition coefficient (Wildman–Crippen LogP) is 4.41. The van der Waals surface area contributed by atoms with Gasteiger partial charge >= 0.3 is 0 Å². The van der Waals surface area contributed by atoms with Crippen molar-refractivity contribution in [3.63, 3.8) is 0 Å². The van der Waals surface area contributed by atoms with E-state index < -0.39 is 0 Å². The summed E-state index contributed by atoms with van der Waals surface area (Å²) in [5.74, 6) is 0.405. The standard InChI is InChI=1S/C25H33N5O2/c1-6-8-10-17(7-2)19-11-9-12-20(24(19)32-5)29-21(23(27)16(3)28-4)15-22(26)30-25(31)18-13-14-18/h7-12,15,18,27-29H,3,6,13-14H2,1-2,4-5H3,(H2,26,30,31)/b10-8-,17-7+,21-15+,27-23?. The zero-order chi connectivity index (χ0) is 23.7. The molecule has 1 amide bonds. The van der Waals surface area contributed by atoms with Crippen molar-refractivity contribution in [3.05, 3.63) is 66.0 Å². The lowest BCUT2D eigenvalue weighted by atomic mass is 10.0. The van der Waals surface area contributed by atoms with E-state index in [4.69, 9.17) is 15.9 Å². The van der Waals surface area contributed by atoms with Gasteiger partial charge in [0.1, 0.15) is 17.3 Å². The number of carbonyl (C=O) groups is 1. The number of amides is 1. The normalized spacial score (nSPS) is 14.9. The van der Waals surface area contributed by atoms with Crippen LogP contribution < -0.4 is 21.1 Å². The number of aliphatic imine (C=N–C) groups is 1. The first-order chi connectivity index (χ1) is 15.4. The van der Waals surface area contributed by atoms with Gasteiger partial charge < -0.3 is 21.1 Å². The summed E-state index contributed by atoms with van der Waals surface area (Å²) in [7, 11) is 3.29. The number of nitrogens with two attached hydrogens (primary N) is 1. The van der Waals surface area contributed by atoms with E-state index in [1.165, 1.54) is 6.08 Å². The minimum absolute atomic E-state index is 0.0303. The number of carbonyl (C=O) groups excluding carboxylic acids is 1. The molecule has 1 aliphatic rings. The lowest BCUT2D eigenvalue weighted by Gasteiger charge is -2.19. The zero-order valence-corrected chi connectivity index (χ0v) is 19.3. The Kier molecular flexibility index (Phi) is 9.01. The van der Waals surface area contributed by atoms with E-state index in [1.54, 1.807) is 14.2 Å². The Morgan fingerprint density at radius 2 is 2.12 bits per heavy atom. The molecule has 1 aromatic rings. The molecule has 0 radical (unpaired) electrons. The van der Waals surface area contributed by atoms with E-state index in [9.17, 15) is 4.79 Å². The highest BCUT2D eigenvalue weighted by molar-refractivity contribution is 6.15. The summed E-state index contributed by atoms with van der Waals surface area (Å²) in [5, 5.41) is 14.6. The van der Waals surface area contributed by atoms with Gasteiger partial charge in [-0.05, 0) is 37.8 Å². The van der Waals surface area contributed by atoms with Gasteiger partial charge in [0.2, 0.25) is 0 Å². The highest BCUT2D eigenvalue weighted by Crippen LogP contribution is 2.35. The van der Waals surface area contributed by atoms with Crippen LogP contribution in [-0.4, -0.2) is 31.6 Å². The van der Waals surface area contributed by atoms with Crippen LogP contribution in [-0.2, 0) is 4.79 Å². The highest BCUT2D eigenvalue weighted by atomic mass is 16.5. The number of nitrogens with one attached hydrogen (secondary N) is 3. The Morgan fingerprint density at radius 1 is 1.41 bits per heavy atom. The molecule has 1 saturated carbocycles. The first kappa shape index (κ1) is 24.7. The molecule has 7 heteroatoms. The Morgan fingerprint density at radius 3 is 2.69 bits per heavy atom. The van der Waals surface area contributed by atoms with Gasteiger partial charge in [0.15, 0.2) is 0 Å². The van der Waals surface area contributed by atoms with Crippen molar-refractivity contribution in [3.8, 4) is 5.75 Å². The molecule has 0 heterocycles. The molecule has 0 atom stereocenters. The molecule has 1 fully saturated rings. The van der Waals surface area contributed by atoms with E-state index in [-0.39, 0.29) is 23.4 Å². The topological polar surface area (TPSA) is 113 Å². The van der Waals surface area contributed by atoms with Gasteiger partial charge in [0, 0.05) is 24.6 Å². The molecule has 0 unspecified atom stereocenters. The van der Waals surface area contributed by atoms with Crippen LogP contribution in [0.15, 0.2) is 65.5 Å². The third-order valence-electron chi connectivity index (χ3n) is 4.97. The van der Waals surface area contributed by atoms with Crippen LogP contribution in [0.5, 0.6) is 5.75 Å². The second-order valence-electron chi connectivity index (χ2n) is 7.38. The fourth-order valence-corrected chi connectivity index (χ4v) is 3.00. The Labute approximate surface area is 190 Å². The van der Waals surface area contributed by atoms with E-state index >= 15 is 0 Å². The Hall–Kier alpha value is -3.61. The lowest BCUT2D eigenvalue weighted by molar-refractivity contribution is -0.118. The first-order valence-corrected chi connectivity index (χ1v) is 10.7. The average molecular weight is 436 g/mol. The summed E-state index contributed by atoms with van der Waals surface area (Å²) in [5.41, 5.74) is 9.42. The molecular weight excluding hydrogens is 402 g/mol. The van der Waals surface area contributed by atoms with Gasteiger partial charge in [-0.3, -0.25) is 10.2 Å². The number of allylic oxidation sites excluding steroid dienone is 4. The number of benzene rings is 1. The molecule has 0 saturated heterocycles. The van der Waals surface area contributed by atoms with Gasteiger partial charge in [-0.2, -0.15) is 4.99 Å². The molecule has 0 aromatic heterocycles. The minimum Gasteiger partial charge on any atom is -0.494 e. The van der Waals surface area contributed by atoms with Gasteiger partial charge in [-0.1, -0.05) is 43.9 Å². The number of hydrogen-bond acceptors (Lipinski definition) is 5. The van der Waals surface area contributed by atoms with Gasteiger partial charge in [0.25, 0.3) is 5.91 Å². The van der Waals surface area contributed by atoms with Crippen molar-refractivity contribution >= 4 is 28.7 Å². The summed E-state index contributed by atoms with van der Waals surface area (Å²) < 4.78 is 5.73. The van der Waals surface area contributed by atoms with Crippen LogP contribution >= 0.6 is 0 Å². The molecule has 2 rings (SSSR count). The minimum atomic E-state index is -0.225. The summed E-state index contributed by atoms with van der Waals surface area (Å²) in [4.78, 5) is 16.0. The maximum absolute atomic E-state index is 12.0. The summed E-state index contributed by atoms with van der Waals surface area (Å²) >= 11 is 0. The van der Waals surface area contributed by atoms with E-state index in [2.05, 4.69) is 41.3 Å². The number of ether oxygens (including phenoxy) is 1. The molecule has 7 nitrogen and oxygen atoms in total. The van der Waals surface area contributed by atoms with Gasteiger partial charge in [-0.15, -0.1) is 0 Å². The van der Waals surface area contributed by atoms with E-state index in [0.717, 1.165) is 30.4 Å². The molecule has 0 aliphatic heterocycles. The van der Waals surface area contributed by atoms with Crippen molar-refractivity contribution in [2.24, 2.45) is 16.6 Å². The average Bonchev–Trinajstić information content (AvgIpc) is 3.63. The Bertz CT molecular complexity index is 998. The molecule has 170 valence electrons. The van der Waals surface area contributed by atoms with Crippen LogP contribution in [0.3, 0.4) is 0 Å². The number of hydrogen-bond donors (Lipinski definition) is 4. The summed E-state index contributed by atoms with van der Waals surface area (Å²) in [6, 6.07) is 5.74. The van der Waals surface area contributed by atoms with Crippen molar-refractivity contribution in [1.29, 1.82) is 5.41 Å². The molecular formula is C25H33N5O2. The Balaban J connectivity index is 2.48. The molecule has 1 aromatic carbocycles. The SMILES string of the molecule is C=C(NC)C(=N)/C(=C\C(N)=NC(=O)C1CC1)Nc1cccc(C(/C=C\CC)=C/C)c1OC. The molecule has 1 aliphatic carbocycles. The van der Waals surface area contributed by atoms with E-state index in [1.807, 2.05) is 31.2 Å². The van der Waals surface area contributed by atoms with Crippen LogP contribution in [0, 0.1) is 11.3 Å². The lowest BCUT2D eigenvalue weighted by Crippen LogP contribution is -2.23. The van der Waals surface area contributed by atoms with Crippen LogP contribution in [0.25, 0.3) is 5.57 Å². The molecule has 0 bridgehead atoms. The zero-order valence-electron chi connectivity index (χ0n) is 19.3. The third-order valence-corrected chi connectivity index (χ3v) is 4.97. The smallest absolute Gasteiger partial charge is 0.250 e. The fourth-order valence-electron chi connectivity index (χ4n) is 3.00. The monoisotopic (exact) mass is 435 g/mol. The number of para-hydroxylation sites is 1. The predicted molar refractivity (Wildman–Crippen MR) is 133 cm³/mol. The third kappa shape index (κ3) is 6.44. The number of nitrogens with zero attached hydrogens (tertiary/aromatic N) is 1. The van der Waals surface area contributed by atoms with Crippen LogP contribution in [0.2, 0.25) is 0 Å². The van der Waals surface area contributed by atoms with Crippen molar-refractivity contribution in [1.82, 2.24) is 5.32 Å². The highest BCUT2D eigenvalue weighted by Gasteiger charge is 2.29. The number of amidine groups is 1. The number of rotatable bonds is 11. The fraction of sp³-hybridized carbons (Fsp3) is 0.320. The van der Waals surface area contributed by atoms with Crippen molar-refractivity contribution in [2.45, 2.75) is 33.1 Å². The molecule has 0 spiro atoms. The molecule has 5 N–H and O–H groups in total. The van der Waals surface area contributed by atoms with Crippen molar-refractivity contribution in [2.75, 3.05) is 19.5 Å². The van der Waals surface area contributed by atoms with Gasteiger partial charge in [0.05, 0.1) is 24.2 Å². The van der Waals surface area contributed by atoms with E-state index in [0.29, 0.717) is 22.8 Å². The second-order valence-corrected chi connectivity index (χ2v) is 7.38. The van der Waals surface area contributed by atoms with Crippen LogP contribution in [0.1, 0.15) is 38.7 Å². The van der Waals surface area contributed by atoms with Crippen molar-refractivity contribution < 1.29 is 9.53 Å². The number of anilines is 1.